The van der Waals surface area contributed by atoms with Crippen molar-refractivity contribution in [1.82, 2.24) is 19.6 Å². The normalized spacial score (nSPS) is 22.3. The molecule has 0 spiro atoms. The number of amides is 1. The molecule has 1 aromatic rings. The van der Waals surface area contributed by atoms with Gasteiger partial charge in [0, 0.05) is 37.8 Å². The smallest absolute Gasteiger partial charge is 0.224 e. The Morgan fingerprint density at radius 1 is 1.48 bits per heavy atom. The minimum Gasteiger partial charge on any atom is -0.391 e. The minimum absolute atomic E-state index is 0.103. The number of rotatable bonds is 5. The van der Waals surface area contributed by atoms with Gasteiger partial charge in [-0.1, -0.05) is 0 Å². The molecule has 0 saturated carbocycles. The van der Waals surface area contributed by atoms with Gasteiger partial charge in [0.25, 0.3) is 0 Å². The molecule has 0 bridgehead atoms. The SMILES string of the molecule is Cc1cc(C)n(CCC(=O)N2CC(O)CC2CN(C)C)n1. The number of hydrogen-bond acceptors (Lipinski definition) is 4. The maximum Gasteiger partial charge on any atom is 0.224 e. The van der Waals surface area contributed by atoms with E-state index in [9.17, 15) is 9.90 Å². The number of likely N-dealkylation sites (N-methyl/N-ethyl adjacent to an activating group) is 1. The minimum atomic E-state index is -0.396. The van der Waals surface area contributed by atoms with Crippen LogP contribution in [0.25, 0.3) is 0 Å². The Morgan fingerprint density at radius 3 is 2.76 bits per heavy atom. The van der Waals surface area contributed by atoms with Crippen LogP contribution >= 0.6 is 0 Å². The molecule has 6 nitrogen and oxygen atoms in total. The molecule has 1 aliphatic heterocycles. The van der Waals surface area contributed by atoms with Crippen molar-refractivity contribution in [2.75, 3.05) is 27.2 Å². The summed E-state index contributed by atoms with van der Waals surface area (Å²) in [6.07, 6.45) is 0.704. The standard InChI is InChI=1S/C15H26N4O2/c1-11-7-12(2)19(16-11)6-5-15(21)18-10-14(20)8-13(18)9-17(3)4/h7,13-14,20H,5-6,8-10H2,1-4H3. The Morgan fingerprint density at radius 2 is 2.19 bits per heavy atom. The van der Waals surface area contributed by atoms with Crippen molar-refractivity contribution in [2.45, 2.75) is 45.4 Å². The molecule has 6 heteroatoms. The zero-order valence-electron chi connectivity index (χ0n) is 13.4. The fourth-order valence-electron chi connectivity index (χ4n) is 3.04. The molecule has 1 amide bonds. The molecule has 2 atom stereocenters. The quantitative estimate of drug-likeness (QED) is 0.854. The predicted molar refractivity (Wildman–Crippen MR) is 81.0 cm³/mol. The number of aliphatic hydroxyl groups excluding tert-OH is 1. The number of nitrogens with zero attached hydrogens (tertiary/aromatic N) is 4. The highest BCUT2D eigenvalue weighted by atomic mass is 16.3. The molecular formula is C15H26N4O2. The Bertz CT molecular complexity index is 498. The van der Waals surface area contributed by atoms with Crippen LogP contribution in [-0.4, -0.2) is 69.9 Å². The second-order valence-corrected chi connectivity index (χ2v) is 6.25. The molecule has 1 saturated heterocycles. The third-order valence-corrected chi connectivity index (χ3v) is 3.93. The maximum atomic E-state index is 12.4. The molecule has 1 aromatic heterocycles. The van der Waals surface area contributed by atoms with Gasteiger partial charge in [-0.2, -0.15) is 5.10 Å². The first-order valence-corrected chi connectivity index (χ1v) is 7.50. The van der Waals surface area contributed by atoms with Gasteiger partial charge in [0.2, 0.25) is 5.91 Å². The number of β-amino-alcohol motifs (C(OH)–C–C–N with tert-alkyl or cyclic N) is 1. The van der Waals surface area contributed by atoms with E-state index in [2.05, 4.69) is 10.00 Å². The summed E-state index contributed by atoms with van der Waals surface area (Å²) in [6.45, 7) is 5.80. The number of aryl methyl sites for hydroxylation is 3. The fourth-order valence-corrected chi connectivity index (χ4v) is 3.04. The van der Waals surface area contributed by atoms with Gasteiger partial charge in [0.1, 0.15) is 0 Å². The largest absolute Gasteiger partial charge is 0.391 e. The molecule has 2 heterocycles. The lowest BCUT2D eigenvalue weighted by Crippen LogP contribution is -2.41. The summed E-state index contributed by atoms with van der Waals surface area (Å²) in [5.74, 6) is 0.103. The lowest BCUT2D eigenvalue weighted by molar-refractivity contribution is -0.132. The van der Waals surface area contributed by atoms with E-state index >= 15 is 0 Å². The van der Waals surface area contributed by atoms with Crippen molar-refractivity contribution in [3.05, 3.63) is 17.5 Å². The van der Waals surface area contributed by atoms with E-state index in [1.54, 1.807) is 0 Å². The zero-order valence-corrected chi connectivity index (χ0v) is 13.4. The Balaban J connectivity index is 1.94. The van der Waals surface area contributed by atoms with Crippen LogP contribution in [0.5, 0.6) is 0 Å². The van der Waals surface area contributed by atoms with Gasteiger partial charge < -0.3 is 14.9 Å². The molecule has 1 fully saturated rings. The lowest BCUT2D eigenvalue weighted by Gasteiger charge is -2.27. The van der Waals surface area contributed by atoms with E-state index in [1.807, 2.05) is 43.6 Å². The van der Waals surface area contributed by atoms with Crippen LogP contribution in [0.4, 0.5) is 0 Å². The first-order valence-electron chi connectivity index (χ1n) is 7.50. The van der Waals surface area contributed by atoms with Gasteiger partial charge in [0.05, 0.1) is 11.8 Å². The molecule has 1 aliphatic rings. The molecule has 118 valence electrons. The molecule has 2 unspecified atom stereocenters. The van der Waals surface area contributed by atoms with Crippen LogP contribution < -0.4 is 0 Å². The fraction of sp³-hybridized carbons (Fsp3) is 0.733. The van der Waals surface area contributed by atoms with E-state index in [-0.39, 0.29) is 11.9 Å². The van der Waals surface area contributed by atoms with E-state index in [4.69, 9.17) is 0 Å². The van der Waals surface area contributed by atoms with Crippen LogP contribution in [0, 0.1) is 13.8 Å². The van der Waals surface area contributed by atoms with Gasteiger partial charge >= 0.3 is 0 Å². The second kappa shape index (κ2) is 6.58. The van der Waals surface area contributed by atoms with Crippen molar-refractivity contribution >= 4 is 5.91 Å². The number of carbonyl (C=O) groups is 1. The van der Waals surface area contributed by atoms with Crippen molar-refractivity contribution in [2.24, 2.45) is 0 Å². The molecule has 1 N–H and O–H groups in total. The van der Waals surface area contributed by atoms with Gasteiger partial charge in [-0.05, 0) is 40.4 Å². The molecule has 0 radical (unpaired) electrons. The van der Waals surface area contributed by atoms with Crippen LogP contribution in [-0.2, 0) is 11.3 Å². The number of likely N-dealkylation sites (tertiary alicyclic amines) is 1. The Labute approximate surface area is 126 Å². The Kier molecular flexibility index (Phi) is 5.00. The number of hydrogen-bond donors (Lipinski definition) is 1. The van der Waals surface area contributed by atoms with E-state index in [1.165, 1.54) is 0 Å². The summed E-state index contributed by atoms with van der Waals surface area (Å²) in [5, 5.41) is 14.2. The highest BCUT2D eigenvalue weighted by molar-refractivity contribution is 5.76. The first kappa shape index (κ1) is 16.0. The van der Waals surface area contributed by atoms with Gasteiger partial charge in [-0.25, -0.2) is 0 Å². The van der Waals surface area contributed by atoms with Gasteiger partial charge in [-0.3, -0.25) is 9.48 Å². The summed E-state index contributed by atoms with van der Waals surface area (Å²) in [6, 6.07) is 2.13. The highest BCUT2D eigenvalue weighted by Gasteiger charge is 2.34. The monoisotopic (exact) mass is 294 g/mol. The van der Waals surface area contributed by atoms with E-state index in [0.717, 1.165) is 17.9 Å². The van der Waals surface area contributed by atoms with E-state index in [0.29, 0.717) is 25.9 Å². The second-order valence-electron chi connectivity index (χ2n) is 6.25. The van der Waals surface area contributed by atoms with Crippen molar-refractivity contribution in [3.63, 3.8) is 0 Å². The summed E-state index contributed by atoms with van der Waals surface area (Å²) < 4.78 is 1.88. The summed E-state index contributed by atoms with van der Waals surface area (Å²) in [5.41, 5.74) is 2.05. The maximum absolute atomic E-state index is 12.4. The number of aromatic nitrogens is 2. The van der Waals surface area contributed by atoms with Crippen LogP contribution in [0.3, 0.4) is 0 Å². The number of carbonyl (C=O) groups excluding carboxylic acids is 1. The molecule has 2 rings (SSSR count). The summed E-state index contributed by atoms with van der Waals surface area (Å²) >= 11 is 0. The van der Waals surface area contributed by atoms with Gasteiger partial charge in [0.15, 0.2) is 0 Å². The first-order chi connectivity index (χ1) is 9.86. The molecule has 0 aliphatic carbocycles. The average molecular weight is 294 g/mol. The summed E-state index contributed by atoms with van der Waals surface area (Å²) in [7, 11) is 3.98. The van der Waals surface area contributed by atoms with Gasteiger partial charge in [-0.15, -0.1) is 0 Å². The van der Waals surface area contributed by atoms with E-state index < -0.39 is 6.10 Å². The highest BCUT2D eigenvalue weighted by Crippen LogP contribution is 2.19. The van der Waals surface area contributed by atoms with Crippen molar-refractivity contribution < 1.29 is 9.90 Å². The molecular weight excluding hydrogens is 268 g/mol. The zero-order chi connectivity index (χ0) is 15.6. The van der Waals surface area contributed by atoms with Crippen LogP contribution in [0.15, 0.2) is 6.07 Å². The third-order valence-electron chi connectivity index (χ3n) is 3.93. The molecule has 0 aromatic carbocycles. The average Bonchev–Trinajstić information content (AvgIpc) is 2.88. The summed E-state index contributed by atoms with van der Waals surface area (Å²) in [4.78, 5) is 16.3. The van der Waals surface area contributed by atoms with Crippen molar-refractivity contribution in [3.8, 4) is 0 Å². The Hall–Kier alpha value is -1.40. The third kappa shape index (κ3) is 4.04. The lowest BCUT2D eigenvalue weighted by atomic mass is 10.2. The van der Waals surface area contributed by atoms with Crippen LogP contribution in [0.2, 0.25) is 0 Å². The predicted octanol–water partition coefficient (Wildman–Crippen LogP) is 0.413. The molecule has 21 heavy (non-hydrogen) atoms. The van der Waals surface area contributed by atoms with Crippen molar-refractivity contribution in [1.29, 1.82) is 0 Å². The topological polar surface area (TPSA) is 61.6 Å². The van der Waals surface area contributed by atoms with Crippen LogP contribution in [0.1, 0.15) is 24.2 Å². The number of aliphatic hydroxyl groups is 1.